The maximum absolute atomic E-state index is 13.6. The number of nitro groups is 1. The average Bonchev–Trinajstić information content (AvgIpc) is 3.20. The van der Waals surface area contributed by atoms with Crippen LogP contribution in [0.4, 0.5) is 11.4 Å². The summed E-state index contributed by atoms with van der Waals surface area (Å²) in [5.74, 6) is -1.05. The van der Waals surface area contributed by atoms with E-state index in [1.165, 1.54) is 17.0 Å². The van der Waals surface area contributed by atoms with Crippen molar-refractivity contribution < 1.29 is 14.5 Å². The number of carbonyl (C=O) groups is 2. The summed E-state index contributed by atoms with van der Waals surface area (Å²) in [6.45, 7) is 4.32. The van der Waals surface area contributed by atoms with Crippen molar-refractivity contribution in [1.29, 1.82) is 0 Å². The maximum atomic E-state index is 13.6. The van der Waals surface area contributed by atoms with E-state index in [0.29, 0.717) is 17.8 Å². The molecule has 4 aromatic rings. The van der Waals surface area contributed by atoms with Gasteiger partial charge in [-0.05, 0) is 55.4 Å². The van der Waals surface area contributed by atoms with E-state index < -0.39 is 16.7 Å². The summed E-state index contributed by atoms with van der Waals surface area (Å²) < 4.78 is 1.99. The Bertz CT molecular complexity index is 1640. The van der Waals surface area contributed by atoms with Gasteiger partial charge >= 0.3 is 0 Å². The molecule has 0 spiro atoms. The van der Waals surface area contributed by atoms with Crippen LogP contribution in [-0.4, -0.2) is 26.4 Å². The first-order valence-corrected chi connectivity index (χ1v) is 11.9. The molecule has 8 nitrogen and oxygen atoms in total. The molecule has 1 aliphatic rings. The fraction of sp³-hybridized carbons (Fsp3) is 0.107. The number of non-ortho nitro benzene ring substituents is 1. The molecule has 1 saturated heterocycles. The minimum Gasteiger partial charge on any atom is -0.342 e. The molecular formula is C28H22N4O4S. The van der Waals surface area contributed by atoms with E-state index in [1.807, 2.05) is 67.1 Å². The minimum atomic E-state index is -0.553. The molecule has 0 saturated carbocycles. The van der Waals surface area contributed by atoms with Crippen molar-refractivity contribution in [3.63, 3.8) is 0 Å². The van der Waals surface area contributed by atoms with Crippen molar-refractivity contribution in [2.24, 2.45) is 0 Å². The van der Waals surface area contributed by atoms with Gasteiger partial charge in [-0.2, -0.15) is 0 Å². The van der Waals surface area contributed by atoms with Gasteiger partial charge in [-0.15, -0.1) is 0 Å². The fourth-order valence-electron chi connectivity index (χ4n) is 4.53. The molecule has 1 fully saturated rings. The summed E-state index contributed by atoms with van der Waals surface area (Å²) >= 11 is 5.35. The summed E-state index contributed by atoms with van der Waals surface area (Å²) in [6.07, 6.45) is 3.46. The van der Waals surface area contributed by atoms with Crippen molar-refractivity contribution in [3.8, 4) is 0 Å². The highest BCUT2D eigenvalue weighted by molar-refractivity contribution is 7.80. The second kappa shape index (κ2) is 9.44. The van der Waals surface area contributed by atoms with Gasteiger partial charge in [-0.3, -0.25) is 29.9 Å². The standard InChI is InChI=1S/C28H22N4O4S/c1-17-7-12-24(18(2)13-17)31-27(34)23(26(33)29-28(31)37)14-20-16-30(25-6-4-3-5-22(20)25)15-19-8-10-21(11-9-19)32(35)36/h3-14,16H,15H2,1-2H3,(H,29,33,37)/b23-14+. The number of anilines is 1. The van der Waals surface area contributed by atoms with Crippen LogP contribution in [-0.2, 0) is 16.1 Å². The molecule has 1 N–H and O–H groups in total. The number of nitro benzene ring substituents is 1. The van der Waals surface area contributed by atoms with Crippen molar-refractivity contribution >= 4 is 57.5 Å². The Morgan fingerprint density at radius 3 is 2.46 bits per heavy atom. The topological polar surface area (TPSA) is 97.5 Å². The van der Waals surface area contributed by atoms with Crippen LogP contribution in [0, 0.1) is 24.0 Å². The van der Waals surface area contributed by atoms with Gasteiger partial charge < -0.3 is 4.57 Å². The van der Waals surface area contributed by atoms with Crippen molar-refractivity contribution in [2.75, 3.05) is 4.90 Å². The van der Waals surface area contributed by atoms with E-state index in [0.717, 1.165) is 27.6 Å². The monoisotopic (exact) mass is 510 g/mol. The van der Waals surface area contributed by atoms with Gasteiger partial charge in [0.05, 0.1) is 10.6 Å². The van der Waals surface area contributed by atoms with Gasteiger partial charge in [0.2, 0.25) is 0 Å². The first-order chi connectivity index (χ1) is 17.7. The number of aromatic nitrogens is 1. The number of hydrogen-bond acceptors (Lipinski definition) is 5. The number of fused-ring (bicyclic) bond motifs is 1. The second-order valence-electron chi connectivity index (χ2n) is 8.90. The van der Waals surface area contributed by atoms with Crippen LogP contribution in [0.5, 0.6) is 0 Å². The molecule has 1 aliphatic heterocycles. The van der Waals surface area contributed by atoms with Crippen LogP contribution >= 0.6 is 12.2 Å². The highest BCUT2D eigenvalue weighted by Crippen LogP contribution is 2.29. The number of para-hydroxylation sites is 1. The predicted octanol–water partition coefficient (Wildman–Crippen LogP) is 5.05. The van der Waals surface area contributed by atoms with Gasteiger partial charge in [0.1, 0.15) is 5.57 Å². The maximum Gasteiger partial charge on any atom is 0.270 e. The molecule has 0 atom stereocenters. The van der Waals surface area contributed by atoms with E-state index in [9.17, 15) is 19.7 Å². The van der Waals surface area contributed by atoms with E-state index in [1.54, 1.807) is 18.2 Å². The summed E-state index contributed by atoms with van der Waals surface area (Å²) in [5, 5.41) is 14.5. The molecule has 2 amide bonds. The zero-order valence-corrected chi connectivity index (χ0v) is 20.9. The third kappa shape index (κ3) is 4.52. The molecule has 9 heteroatoms. The highest BCUT2D eigenvalue weighted by Gasteiger charge is 2.35. The Balaban J connectivity index is 1.54. The van der Waals surface area contributed by atoms with E-state index in [2.05, 4.69) is 5.32 Å². The summed E-state index contributed by atoms with van der Waals surface area (Å²) in [7, 11) is 0. The lowest BCUT2D eigenvalue weighted by Gasteiger charge is -2.30. The summed E-state index contributed by atoms with van der Waals surface area (Å²) in [6, 6.07) is 19.7. The van der Waals surface area contributed by atoms with Gasteiger partial charge in [-0.25, -0.2) is 0 Å². The average molecular weight is 511 g/mol. The Labute approximate surface area is 218 Å². The minimum absolute atomic E-state index is 0.0215. The van der Waals surface area contributed by atoms with E-state index in [-0.39, 0.29) is 16.4 Å². The molecule has 1 aromatic heterocycles. The van der Waals surface area contributed by atoms with Gasteiger partial charge in [0, 0.05) is 41.3 Å². The predicted molar refractivity (Wildman–Crippen MR) is 146 cm³/mol. The molecule has 0 unspecified atom stereocenters. The molecule has 184 valence electrons. The Morgan fingerprint density at radius 2 is 1.76 bits per heavy atom. The number of nitrogens with one attached hydrogen (secondary N) is 1. The normalized spacial score (nSPS) is 14.9. The molecule has 3 aromatic carbocycles. The lowest BCUT2D eigenvalue weighted by atomic mass is 10.0. The third-order valence-corrected chi connectivity index (χ3v) is 6.60. The van der Waals surface area contributed by atoms with Crippen LogP contribution in [0.1, 0.15) is 22.3 Å². The van der Waals surface area contributed by atoms with Gasteiger partial charge in [0.25, 0.3) is 17.5 Å². The zero-order valence-electron chi connectivity index (χ0n) is 20.1. The number of thiocarbonyl (C=S) groups is 1. The highest BCUT2D eigenvalue weighted by atomic mass is 32.1. The van der Waals surface area contributed by atoms with Gasteiger partial charge in [-0.1, -0.05) is 48.0 Å². The van der Waals surface area contributed by atoms with E-state index >= 15 is 0 Å². The molecule has 0 bridgehead atoms. The van der Waals surface area contributed by atoms with Crippen molar-refractivity contribution in [2.45, 2.75) is 20.4 Å². The van der Waals surface area contributed by atoms with Crippen LogP contribution in [0.25, 0.3) is 17.0 Å². The number of hydrogen-bond donors (Lipinski definition) is 1. The number of nitrogens with zero attached hydrogens (tertiary/aromatic N) is 3. The summed E-state index contributed by atoms with van der Waals surface area (Å²) in [4.78, 5) is 38.3. The van der Waals surface area contributed by atoms with Crippen molar-refractivity contribution in [1.82, 2.24) is 9.88 Å². The summed E-state index contributed by atoms with van der Waals surface area (Å²) in [5.41, 5.74) is 5.02. The number of carbonyl (C=O) groups excluding carboxylic acids is 2. The fourth-order valence-corrected chi connectivity index (χ4v) is 4.80. The largest absolute Gasteiger partial charge is 0.342 e. The molecule has 0 aliphatic carbocycles. The first kappa shape index (κ1) is 24.1. The second-order valence-corrected chi connectivity index (χ2v) is 9.29. The molecule has 5 rings (SSSR count). The molecule has 37 heavy (non-hydrogen) atoms. The number of rotatable bonds is 5. The Hall–Kier alpha value is -4.63. The smallest absolute Gasteiger partial charge is 0.270 e. The number of benzene rings is 3. The molecule has 0 radical (unpaired) electrons. The number of amides is 2. The lowest BCUT2D eigenvalue weighted by molar-refractivity contribution is -0.384. The lowest BCUT2D eigenvalue weighted by Crippen LogP contribution is -2.54. The Morgan fingerprint density at radius 1 is 1.03 bits per heavy atom. The van der Waals surface area contributed by atoms with Gasteiger partial charge in [0.15, 0.2) is 5.11 Å². The van der Waals surface area contributed by atoms with Crippen LogP contribution in [0.3, 0.4) is 0 Å². The van der Waals surface area contributed by atoms with Crippen molar-refractivity contribution in [3.05, 3.63) is 111 Å². The SMILES string of the molecule is Cc1ccc(N2C(=O)/C(=C/c3cn(Cc4ccc([N+](=O)[O-])cc4)c4ccccc34)C(=O)NC2=S)c(C)c1. The molecular weight excluding hydrogens is 488 g/mol. The first-order valence-electron chi connectivity index (χ1n) is 11.5. The van der Waals surface area contributed by atoms with E-state index in [4.69, 9.17) is 12.2 Å². The molecule has 2 heterocycles. The van der Waals surface area contributed by atoms with Crippen LogP contribution in [0.2, 0.25) is 0 Å². The van der Waals surface area contributed by atoms with Crippen LogP contribution in [0.15, 0.2) is 78.5 Å². The Kier molecular flexibility index (Phi) is 6.14. The number of aryl methyl sites for hydroxylation is 2. The zero-order chi connectivity index (χ0) is 26.3. The third-order valence-electron chi connectivity index (χ3n) is 6.31. The van der Waals surface area contributed by atoms with Crippen LogP contribution < -0.4 is 10.2 Å². The quantitative estimate of drug-likeness (QED) is 0.133.